The van der Waals surface area contributed by atoms with Gasteiger partial charge in [0.15, 0.2) is 5.69 Å². The normalized spacial score (nSPS) is 17.1. The summed E-state index contributed by atoms with van der Waals surface area (Å²) in [6, 6.07) is 7.55. The number of hydrogen-bond donors (Lipinski definition) is 1. The van der Waals surface area contributed by atoms with Crippen LogP contribution in [0.1, 0.15) is 59.0 Å². The number of anilines is 1. The summed E-state index contributed by atoms with van der Waals surface area (Å²) < 4.78 is 45.8. The molecule has 0 spiro atoms. The van der Waals surface area contributed by atoms with Crippen LogP contribution in [0.15, 0.2) is 40.9 Å². The van der Waals surface area contributed by atoms with Crippen LogP contribution in [-0.4, -0.2) is 34.3 Å². The van der Waals surface area contributed by atoms with Crippen LogP contribution < -0.4 is 4.90 Å². The molecular weight excluding hydrogens is 530 g/mol. The summed E-state index contributed by atoms with van der Waals surface area (Å²) in [6.45, 7) is 0.960. The summed E-state index contributed by atoms with van der Waals surface area (Å²) in [6.07, 6.45) is 2.63. The van der Waals surface area contributed by atoms with Crippen molar-refractivity contribution < 1.29 is 27.6 Å². The van der Waals surface area contributed by atoms with E-state index in [1.165, 1.54) is 6.07 Å². The molecule has 1 aliphatic carbocycles. The van der Waals surface area contributed by atoms with Crippen LogP contribution in [0.25, 0.3) is 17.3 Å². The highest BCUT2D eigenvalue weighted by Crippen LogP contribution is 2.46. The van der Waals surface area contributed by atoms with Gasteiger partial charge >= 0.3 is 12.1 Å². The molecule has 2 fully saturated rings. The van der Waals surface area contributed by atoms with Crippen molar-refractivity contribution in [3.8, 4) is 11.3 Å². The van der Waals surface area contributed by atoms with Crippen molar-refractivity contribution in [1.82, 2.24) is 10.1 Å². The molecule has 5 rings (SSSR count). The molecule has 194 valence electrons. The Kier molecular flexibility index (Phi) is 6.93. The summed E-state index contributed by atoms with van der Waals surface area (Å²) in [5, 5.41) is 14.3. The molecule has 0 unspecified atom stereocenters. The van der Waals surface area contributed by atoms with Crippen LogP contribution in [0.4, 0.5) is 19.0 Å². The Morgan fingerprint density at radius 3 is 2.35 bits per heavy atom. The van der Waals surface area contributed by atoms with Crippen LogP contribution in [0.2, 0.25) is 10.0 Å². The predicted molar refractivity (Wildman–Crippen MR) is 134 cm³/mol. The quantitative estimate of drug-likeness (QED) is 0.340. The molecular formula is C26H22Cl2F3N3O3. The second-order valence-electron chi connectivity index (χ2n) is 9.23. The maximum Gasteiger partial charge on any atom is 0.434 e. The SMILES string of the molecule is O=C(O)c1ccc(N2CCC(/C=C/c3c(-c4c(Cl)cccc4Cl)noc3C3CC3)CC2)nc1C(F)(F)F. The monoisotopic (exact) mass is 551 g/mol. The number of aromatic nitrogens is 2. The zero-order valence-electron chi connectivity index (χ0n) is 19.4. The van der Waals surface area contributed by atoms with Crippen molar-refractivity contribution in [1.29, 1.82) is 0 Å². The van der Waals surface area contributed by atoms with Gasteiger partial charge in [-0.05, 0) is 55.9 Å². The lowest BCUT2D eigenvalue weighted by Crippen LogP contribution is -2.34. The number of allylic oxidation sites excluding steroid dienone is 1. The zero-order chi connectivity index (χ0) is 26.3. The molecule has 0 atom stereocenters. The predicted octanol–water partition coefficient (Wildman–Crippen LogP) is 7.57. The largest absolute Gasteiger partial charge is 0.478 e. The van der Waals surface area contributed by atoms with Gasteiger partial charge in [-0.2, -0.15) is 13.2 Å². The number of carboxylic acid groups (broad SMARTS) is 1. The van der Waals surface area contributed by atoms with Crippen LogP contribution in [0.5, 0.6) is 0 Å². The van der Waals surface area contributed by atoms with Gasteiger partial charge in [-0.25, -0.2) is 9.78 Å². The van der Waals surface area contributed by atoms with Crippen molar-refractivity contribution in [2.45, 2.75) is 37.8 Å². The summed E-state index contributed by atoms with van der Waals surface area (Å²) >= 11 is 12.9. The van der Waals surface area contributed by atoms with E-state index in [4.69, 9.17) is 32.8 Å². The Labute approximate surface area is 220 Å². The Balaban J connectivity index is 1.34. The van der Waals surface area contributed by atoms with E-state index in [0.29, 0.717) is 53.2 Å². The molecule has 2 aromatic heterocycles. The van der Waals surface area contributed by atoms with Gasteiger partial charge in [-0.1, -0.05) is 46.6 Å². The van der Waals surface area contributed by atoms with Gasteiger partial charge in [0, 0.05) is 30.1 Å². The van der Waals surface area contributed by atoms with Gasteiger partial charge in [0.05, 0.1) is 15.6 Å². The van der Waals surface area contributed by atoms with Crippen molar-refractivity contribution in [3.05, 3.63) is 69.0 Å². The van der Waals surface area contributed by atoms with Crippen molar-refractivity contribution in [2.24, 2.45) is 5.92 Å². The molecule has 0 amide bonds. The zero-order valence-corrected chi connectivity index (χ0v) is 20.9. The second-order valence-corrected chi connectivity index (χ2v) is 10.0. The Morgan fingerprint density at radius 1 is 1.08 bits per heavy atom. The van der Waals surface area contributed by atoms with Crippen molar-refractivity contribution >= 4 is 41.1 Å². The smallest absolute Gasteiger partial charge is 0.434 e. The lowest BCUT2D eigenvalue weighted by Gasteiger charge is -2.32. The minimum absolute atomic E-state index is 0.116. The summed E-state index contributed by atoms with van der Waals surface area (Å²) in [5.41, 5.74) is -0.185. The average molecular weight is 552 g/mol. The number of aromatic carboxylic acids is 1. The van der Waals surface area contributed by atoms with E-state index >= 15 is 0 Å². The fraction of sp³-hybridized carbons (Fsp3) is 0.346. The first kappa shape index (κ1) is 25.6. The highest BCUT2D eigenvalue weighted by Gasteiger charge is 2.38. The number of piperidine rings is 1. The number of nitrogens with zero attached hydrogens (tertiary/aromatic N) is 3. The van der Waals surface area contributed by atoms with Crippen molar-refractivity contribution in [2.75, 3.05) is 18.0 Å². The Bertz CT molecular complexity index is 1340. The minimum Gasteiger partial charge on any atom is -0.478 e. The fourth-order valence-electron chi connectivity index (χ4n) is 4.58. The lowest BCUT2D eigenvalue weighted by molar-refractivity contribution is -0.141. The van der Waals surface area contributed by atoms with E-state index in [2.05, 4.69) is 16.2 Å². The molecule has 0 bridgehead atoms. The standard InChI is InChI=1S/C26H22Cl2F3N3O3/c27-18-2-1-3-19(28)21(18)22-16(23(37-33-22)15-5-6-15)7-4-14-10-12-34(13-11-14)20-9-8-17(25(35)36)24(32-20)26(29,30)31/h1-4,7-9,14-15H,5-6,10-13H2,(H,35,36)/b7-4+. The molecule has 1 N–H and O–H groups in total. The maximum atomic E-state index is 13.4. The fourth-order valence-corrected chi connectivity index (χ4v) is 5.16. The number of benzene rings is 1. The summed E-state index contributed by atoms with van der Waals surface area (Å²) in [7, 11) is 0. The van der Waals surface area contributed by atoms with E-state index < -0.39 is 23.4 Å². The van der Waals surface area contributed by atoms with E-state index in [0.717, 1.165) is 30.2 Å². The summed E-state index contributed by atoms with van der Waals surface area (Å²) in [4.78, 5) is 16.6. The molecule has 3 heterocycles. The first-order chi connectivity index (χ1) is 17.6. The third-order valence-electron chi connectivity index (χ3n) is 6.68. The second kappa shape index (κ2) is 10.0. The summed E-state index contributed by atoms with van der Waals surface area (Å²) in [5.74, 6) is -0.251. The van der Waals surface area contributed by atoms with Crippen LogP contribution in [0.3, 0.4) is 0 Å². The first-order valence-electron chi connectivity index (χ1n) is 11.8. The van der Waals surface area contributed by atoms with Crippen LogP contribution in [-0.2, 0) is 6.18 Å². The third-order valence-corrected chi connectivity index (χ3v) is 7.31. The first-order valence-corrected chi connectivity index (χ1v) is 12.6. The molecule has 1 saturated carbocycles. The number of alkyl halides is 3. The molecule has 3 aromatic rings. The van der Waals surface area contributed by atoms with Crippen LogP contribution in [0, 0.1) is 5.92 Å². The minimum atomic E-state index is -4.86. The van der Waals surface area contributed by atoms with Gasteiger partial charge < -0.3 is 14.5 Å². The Hall–Kier alpha value is -3.04. The number of halogens is 5. The third kappa shape index (κ3) is 5.33. The topological polar surface area (TPSA) is 79.5 Å². The molecule has 1 aromatic carbocycles. The highest BCUT2D eigenvalue weighted by molar-refractivity contribution is 6.39. The number of pyridine rings is 1. The van der Waals surface area contributed by atoms with E-state index in [9.17, 15) is 18.0 Å². The maximum absolute atomic E-state index is 13.4. The van der Waals surface area contributed by atoms with E-state index in [1.807, 2.05) is 6.08 Å². The number of carbonyl (C=O) groups is 1. The molecule has 11 heteroatoms. The van der Waals surface area contributed by atoms with Crippen LogP contribution >= 0.6 is 23.2 Å². The lowest BCUT2D eigenvalue weighted by atomic mass is 9.94. The van der Waals surface area contributed by atoms with E-state index in [-0.39, 0.29) is 11.7 Å². The van der Waals surface area contributed by atoms with Gasteiger partial charge in [0.25, 0.3) is 0 Å². The molecule has 6 nitrogen and oxygen atoms in total. The molecule has 1 saturated heterocycles. The molecule has 1 aliphatic heterocycles. The Morgan fingerprint density at radius 2 is 1.76 bits per heavy atom. The molecule has 0 radical (unpaired) electrons. The van der Waals surface area contributed by atoms with Gasteiger partial charge in [-0.3, -0.25) is 0 Å². The number of hydrogen-bond acceptors (Lipinski definition) is 5. The molecule has 2 aliphatic rings. The van der Waals surface area contributed by atoms with Gasteiger partial charge in [0.2, 0.25) is 0 Å². The average Bonchev–Trinajstić information content (AvgIpc) is 3.62. The van der Waals surface area contributed by atoms with Gasteiger partial charge in [0.1, 0.15) is 17.3 Å². The van der Waals surface area contributed by atoms with Crippen molar-refractivity contribution in [3.63, 3.8) is 0 Å². The van der Waals surface area contributed by atoms with Gasteiger partial charge in [-0.15, -0.1) is 0 Å². The molecule has 37 heavy (non-hydrogen) atoms. The number of rotatable bonds is 6. The highest BCUT2D eigenvalue weighted by atomic mass is 35.5. The number of carboxylic acids is 1. The van der Waals surface area contributed by atoms with E-state index in [1.54, 1.807) is 23.1 Å².